The number of amides is 1. The second-order valence-electron chi connectivity index (χ2n) is 4.73. The van der Waals surface area contributed by atoms with Crippen molar-refractivity contribution < 1.29 is 14.3 Å². The molecular formula is C14H17ClN2O3. The molecule has 0 aliphatic heterocycles. The van der Waals surface area contributed by atoms with Crippen molar-refractivity contribution >= 4 is 23.5 Å². The van der Waals surface area contributed by atoms with Gasteiger partial charge in [-0.3, -0.25) is 14.6 Å². The van der Waals surface area contributed by atoms with Crippen LogP contribution in [0.3, 0.4) is 0 Å². The summed E-state index contributed by atoms with van der Waals surface area (Å²) in [5, 5.41) is 2.08. The number of fused-ring (bicyclic) bond motifs is 1. The van der Waals surface area contributed by atoms with Gasteiger partial charge < -0.3 is 4.74 Å². The molecule has 0 radical (unpaired) electrons. The van der Waals surface area contributed by atoms with Crippen LogP contribution in [0.15, 0.2) is 18.2 Å². The molecule has 1 aliphatic carbocycles. The van der Waals surface area contributed by atoms with Gasteiger partial charge in [0, 0.05) is 19.0 Å². The van der Waals surface area contributed by atoms with Gasteiger partial charge in [0.15, 0.2) is 0 Å². The van der Waals surface area contributed by atoms with Gasteiger partial charge in [-0.15, -0.1) is 0 Å². The molecule has 5 nitrogen and oxygen atoms in total. The fourth-order valence-electron chi connectivity index (χ4n) is 2.78. The number of hydrogen-bond donors (Lipinski definition) is 1. The number of carbonyl (C=O) groups is 2. The smallest absolute Gasteiger partial charge is 0.311 e. The number of carbonyl (C=O) groups excluding carboxylic acids is 2. The molecule has 1 N–H and O–H groups in total. The molecule has 2 atom stereocenters. The molecule has 0 heterocycles. The number of rotatable bonds is 3. The van der Waals surface area contributed by atoms with Crippen LogP contribution in [0.2, 0.25) is 5.02 Å². The van der Waals surface area contributed by atoms with Crippen molar-refractivity contribution in [3.05, 3.63) is 34.3 Å². The third-order valence-electron chi connectivity index (χ3n) is 3.61. The summed E-state index contributed by atoms with van der Waals surface area (Å²) in [6.07, 6.45) is 0.513. The van der Waals surface area contributed by atoms with Crippen molar-refractivity contribution in [3.8, 4) is 0 Å². The molecule has 6 heteroatoms. The van der Waals surface area contributed by atoms with Crippen molar-refractivity contribution in [1.82, 2.24) is 10.4 Å². The van der Waals surface area contributed by atoms with Crippen molar-refractivity contribution in [2.24, 2.45) is 5.92 Å². The molecule has 1 aromatic carbocycles. The van der Waals surface area contributed by atoms with E-state index in [2.05, 4.69) is 5.43 Å². The number of nitrogens with one attached hydrogen (secondary N) is 1. The van der Waals surface area contributed by atoms with Gasteiger partial charge in [0.2, 0.25) is 5.91 Å². The summed E-state index contributed by atoms with van der Waals surface area (Å²) in [5.74, 6) is -0.914. The number of methoxy groups -OCH3 is 1. The quantitative estimate of drug-likeness (QED) is 0.681. The van der Waals surface area contributed by atoms with E-state index in [1.807, 2.05) is 12.1 Å². The molecule has 0 bridgehead atoms. The second kappa shape index (κ2) is 5.81. The van der Waals surface area contributed by atoms with E-state index in [1.165, 1.54) is 19.0 Å². The highest BCUT2D eigenvalue weighted by atomic mass is 35.5. The van der Waals surface area contributed by atoms with E-state index in [9.17, 15) is 9.59 Å². The monoisotopic (exact) mass is 296 g/mol. The van der Waals surface area contributed by atoms with E-state index < -0.39 is 5.92 Å². The lowest BCUT2D eigenvalue weighted by molar-refractivity contribution is -0.150. The first-order chi connectivity index (χ1) is 9.49. The Morgan fingerprint density at radius 1 is 1.45 bits per heavy atom. The Balaban J connectivity index is 2.47. The SMILES string of the molecule is CNN(C(C)=O)C1c2ccc(Cl)cc2CC1C(=O)OC. The molecule has 0 spiro atoms. The van der Waals surface area contributed by atoms with Crippen LogP contribution >= 0.6 is 11.6 Å². The van der Waals surface area contributed by atoms with Gasteiger partial charge in [0.1, 0.15) is 0 Å². The first kappa shape index (κ1) is 14.8. The predicted molar refractivity (Wildman–Crippen MR) is 75.0 cm³/mol. The van der Waals surface area contributed by atoms with Gasteiger partial charge in [0.25, 0.3) is 0 Å². The number of esters is 1. The van der Waals surface area contributed by atoms with Gasteiger partial charge in [-0.1, -0.05) is 17.7 Å². The van der Waals surface area contributed by atoms with E-state index in [0.29, 0.717) is 11.4 Å². The van der Waals surface area contributed by atoms with Crippen molar-refractivity contribution in [2.45, 2.75) is 19.4 Å². The molecule has 2 unspecified atom stereocenters. The van der Waals surface area contributed by atoms with Gasteiger partial charge in [-0.05, 0) is 29.7 Å². The summed E-state index contributed by atoms with van der Waals surface area (Å²) in [7, 11) is 3.01. The van der Waals surface area contributed by atoms with Gasteiger partial charge >= 0.3 is 5.97 Å². The van der Waals surface area contributed by atoms with Gasteiger partial charge in [-0.2, -0.15) is 0 Å². The topological polar surface area (TPSA) is 58.6 Å². The zero-order valence-electron chi connectivity index (χ0n) is 11.6. The number of nitrogens with zero attached hydrogens (tertiary/aromatic N) is 1. The lowest BCUT2D eigenvalue weighted by atomic mass is 10.00. The second-order valence-corrected chi connectivity index (χ2v) is 5.17. The van der Waals surface area contributed by atoms with Crippen LogP contribution in [0.5, 0.6) is 0 Å². The van der Waals surface area contributed by atoms with Crippen LogP contribution < -0.4 is 5.43 Å². The minimum Gasteiger partial charge on any atom is -0.469 e. The summed E-state index contributed by atoms with van der Waals surface area (Å²) in [6, 6.07) is 5.08. The van der Waals surface area contributed by atoms with Crippen LogP contribution in [0.25, 0.3) is 0 Å². The van der Waals surface area contributed by atoms with Crippen LogP contribution in [0.1, 0.15) is 24.1 Å². The van der Waals surface area contributed by atoms with E-state index in [-0.39, 0.29) is 17.9 Å². The third-order valence-corrected chi connectivity index (χ3v) is 3.84. The number of halogens is 1. The Morgan fingerprint density at radius 3 is 2.70 bits per heavy atom. The van der Waals surface area contributed by atoms with E-state index in [1.54, 1.807) is 13.1 Å². The Kier molecular flexibility index (Phi) is 4.30. The Labute approximate surface area is 122 Å². The number of hydrazine groups is 1. The fourth-order valence-corrected chi connectivity index (χ4v) is 2.97. The average molecular weight is 297 g/mol. The lowest BCUT2D eigenvalue weighted by Gasteiger charge is -2.30. The largest absolute Gasteiger partial charge is 0.469 e. The highest BCUT2D eigenvalue weighted by Gasteiger charge is 2.42. The summed E-state index contributed by atoms with van der Waals surface area (Å²) in [6.45, 7) is 1.46. The average Bonchev–Trinajstić information content (AvgIpc) is 2.77. The number of hydrogen-bond acceptors (Lipinski definition) is 4. The zero-order chi connectivity index (χ0) is 14.9. The third kappa shape index (κ3) is 2.51. The molecule has 1 aliphatic rings. The fraction of sp³-hybridized carbons (Fsp3) is 0.429. The Hall–Kier alpha value is -1.59. The first-order valence-corrected chi connectivity index (χ1v) is 6.70. The highest BCUT2D eigenvalue weighted by Crippen LogP contribution is 2.41. The molecule has 20 heavy (non-hydrogen) atoms. The normalized spacial score (nSPS) is 20.4. The maximum atomic E-state index is 12.0. The molecule has 2 rings (SSSR count). The van der Waals surface area contributed by atoms with Crippen molar-refractivity contribution in [1.29, 1.82) is 0 Å². The number of benzene rings is 1. The molecule has 1 amide bonds. The van der Waals surface area contributed by atoms with Crippen LogP contribution in [-0.4, -0.2) is 31.0 Å². The van der Waals surface area contributed by atoms with Crippen LogP contribution in [0, 0.1) is 5.92 Å². The molecule has 0 fully saturated rings. The molecular weight excluding hydrogens is 280 g/mol. The maximum Gasteiger partial charge on any atom is 0.311 e. The van der Waals surface area contributed by atoms with E-state index >= 15 is 0 Å². The Bertz CT molecular complexity index is 547. The minimum absolute atomic E-state index is 0.158. The maximum absolute atomic E-state index is 12.0. The standard InChI is InChI=1S/C14H17ClN2O3/c1-8(18)17(16-2)13-11-5-4-10(15)6-9(11)7-12(13)14(19)20-3/h4-6,12-13,16H,7H2,1-3H3. The predicted octanol–water partition coefficient (Wildman–Crippen LogP) is 1.71. The molecule has 0 aromatic heterocycles. The van der Waals surface area contributed by atoms with Crippen molar-refractivity contribution in [2.75, 3.05) is 14.2 Å². The summed E-state index contributed by atoms with van der Waals surface area (Å²) >= 11 is 6.00. The minimum atomic E-state index is -0.426. The van der Waals surface area contributed by atoms with E-state index in [4.69, 9.17) is 16.3 Å². The Morgan fingerprint density at radius 2 is 2.15 bits per heavy atom. The molecule has 0 saturated carbocycles. The van der Waals surface area contributed by atoms with Crippen LogP contribution in [-0.2, 0) is 20.7 Å². The molecule has 108 valence electrons. The highest BCUT2D eigenvalue weighted by molar-refractivity contribution is 6.30. The van der Waals surface area contributed by atoms with E-state index in [0.717, 1.165) is 11.1 Å². The van der Waals surface area contributed by atoms with Gasteiger partial charge in [-0.25, -0.2) is 5.43 Å². The first-order valence-electron chi connectivity index (χ1n) is 6.33. The van der Waals surface area contributed by atoms with Gasteiger partial charge in [0.05, 0.1) is 19.1 Å². The summed E-state index contributed by atoms with van der Waals surface area (Å²) < 4.78 is 4.86. The molecule has 1 aromatic rings. The number of ether oxygens (including phenoxy) is 1. The summed E-state index contributed by atoms with van der Waals surface area (Å²) in [4.78, 5) is 23.8. The summed E-state index contributed by atoms with van der Waals surface area (Å²) in [5.41, 5.74) is 4.75. The lowest BCUT2D eigenvalue weighted by Crippen LogP contribution is -2.45. The van der Waals surface area contributed by atoms with Crippen molar-refractivity contribution in [3.63, 3.8) is 0 Å². The molecule has 0 saturated heterocycles. The zero-order valence-corrected chi connectivity index (χ0v) is 12.4. The van der Waals surface area contributed by atoms with Crippen LogP contribution in [0.4, 0.5) is 0 Å².